The van der Waals surface area contributed by atoms with Crippen LogP contribution < -0.4 is 5.73 Å². The minimum atomic E-state index is 0.138. The van der Waals surface area contributed by atoms with Crippen LogP contribution in [0.2, 0.25) is 0 Å². The molecule has 0 aliphatic carbocycles. The molecule has 0 spiro atoms. The topological polar surface area (TPSA) is 57.4 Å². The summed E-state index contributed by atoms with van der Waals surface area (Å²) in [6.45, 7) is 1.97. The highest BCUT2D eigenvalue weighted by Crippen LogP contribution is 2.07. The maximum absolute atomic E-state index is 5.94. The molecule has 0 fully saturated rings. The Bertz CT molecular complexity index is 242. The van der Waals surface area contributed by atoms with E-state index in [4.69, 9.17) is 15.2 Å². The molecule has 0 aliphatic heterocycles. The van der Waals surface area contributed by atoms with Crippen LogP contribution in [0.15, 0.2) is 11.6 Å². The number of thiazole rings is 1. The lowest BCUT2D eigenvalue weighted by molar-refractivity contribution is 0.0672. The molecule has 86 valence electrons. The predicted molar refractivity (Wildman–Crippen MR) is 61.1 cm³/mol. The van der Waals surface area contributed by atoms with E-state index in [-0.39, 0.29) is 6.04 Å². The van der Waals surface area contributed by atoms with E-state index in [0.29, 0.717) is 19.8 Å². The van der Waals surface area contributed by atoms with E-state index in [1.807, 2.05) is 11.6 Å². The van der Waals surface area contributed by atoms with Crippen molar-refractivity contribution >= 4 is 11.3 Å². The summed E-state index contributed by atoms with van der Waals surface area (Å²) < 4.78 is 10.2. The van der Waals surface area contributed by atoms with E-state index in [1.54, 1.807) is 18.4 Å². The molecule has 1 atom stereocenters. The fourth-order valence-corrected chi connectivity index (χ4v) is 1.87. The molecule has 5 heteroatoms. The summed E-state index contributed by atoms with van der Waals surface area (Å²) in [5, 5.41) is 3.07. The number of aromatic nitrogens is 1. The number of nitrogens with zero attached hydrogens (tertiary/aromatic N) is 1. The van der Waals surface area contributed by atoms with Crippen LogP contribution in [-0.2, 0) is 15.9 Å². The lowest BCUT2D eigenvalue weighted by atomic mass is 10.2. The first-order valence-electron chi connectivity index (χ1n) is 5.03. The van der Waals surface area contributed by atoms with Crippen LogP contribution >= 0.6 is 11.3 Å². The molecule has 1 unspecified atom stereocenters. The SMILES string of the molecule is COCCOCCC(N)Cc1nccs1. The number of ether oxygens (including phenoxy) is 2. The zero-order valence-corrected chi connectivity index (χ0v) is 9.83. The first-order chi connectivity index (χ1) is 7.33. The van der Waals surface area contributed by atoms with Gasteiger partial charge in [-0.2, -0.15) is 0 Å². The minimum absolute atomic E-state index is 0.138. The standard InChI is InChI=1S/C10H18N2O2S/c1-13-5-6-14-4-2-9(11)8-10-12-3-7-15-10/h3,7,9H,2,4-6,8,11H2,1H3. The average Bonchev–Trinajstić information content (AvgIpc) is 2.70. The third-order valence-corrected chi connectivity index (χ3v) is 2.79. The van der Waals surface area contributed by atoms with Crippen LogP contribution in [0.4, 0.5) is 0 Å². The molecule has 0 amide bonds. The van der Waals surface area contributed by atoms with Gasteiger partial charge in [0.15, 0.2) is 0 Å². The van der Waals surface area contributed by atoms with Crippen molar-refractivity contribution in [3.63, 3.8) is 0 Å². The molecular weight excluding hydrogens is 212 g/mol. The van der Waals surface area contributed by atoms with E-state index in [2.05, 4.69) is 4.98 Å². The van der Waals surface area contributed by atoms with E-state index < -0.39 is 0 Å². The third kappa shape index (κ3) is 5.84. The van der Waals surface area contributed by atoms with Crippen molar-refractivity contribution in [3.8, 4) is 0 Å². The summed E-state index contributed by atoms with van der Waals surface area (Å²) in [4.78, 5) is 4.19. The molecule has 0 radical (unpaired) electrons. The molecule has 2 N–H and O–H groups in total. The number of methoxy groups -OCH3 is 1. The summed E-state index contributed by atoms with van der Waals surface area (Å²) in [5.74, 6) is 0. The lowest BCUT2D eigenvalue weighted by Gasteiger charge is -2.09. The largest absolute Gasteiger partial charge is 0.382 e. The highest BCUT2D eigenvalue weighted by atomic mass is 32.1. The van der Waals surface area contributed by atoms with Crippen LogP contribution in [0, 0.1) is 0 Å². The fraction of sp³-hybridized carbons (Fsp3) is 0.700. The quantitative estimate of drug-likeness (QED) is 0.679. The Balaban J connectivity index is 2.01. The van der Waals surface area contributed by atoms with Gasteiger partial charge in [-0.25, -0.2) is 4.98 Å². The van der Waals surface area contributed by atoms with Crippen LogP contribution in [0.1, 0.15) is 11.4 Å². The van der Waals surface area contributed by atoms with E-state index in [1.165, 1.54) is 0 Å². The summed E-state index contributed by atoms with van der Waals surface area (Å²) in [7, 11) is 1.66. The van der Waals surface area contributed by atoms with Crippen molar-refractivity contribution in [2.45, 2.75) is 18.9 Å². The summed E-state index contributed by atoms with van der Waals surface area (Å²) in [5.41, 5.74) is 5.94. The number of nitrogens with two attached hydrogens (primary N) is 1. The molecule has 0 saturated heterocycles. The van der Waals surface area contributed by atoms with Crippen molar-refractivity contribution in [2.75, 3.05) is 26.9 Å². The Morgan fingerprint density at radius 3 is 3.00 bits per heavy atom. The van der Waals surface area contributed by atoms with E-state index in [9.17, 15) is 0 Å². The van der Waals surface area contributed by atoms with Crippen molar-refractivity contribution in [1.29, 1.82) is 0 Å². The molecule has 1 heterocycles. The summed E-state index contributed by atoms with van der Waals surface area (Å²) in [6.07, 6.45) is 3.51. The second-order valence-corrected chi connectivity index (χ2v) is 4.26. The normalized spacial score (nSPS) is 12.9. The second-order valence-electron chi connectivity index (χ2n) is 3.28. The van der Waals surface area contributed by atoms with E-state index >= 15 is 0 Å². The number of hydrogen-bond donors (Lipinski definition) is 1. The first kappa shape index (κ1) is 12.6. The zero-order chi connectivity index (χ0) is 10.9. The lowest BCUT2D eigenvalue weighted by Crippen LogP contribution is -2.24. The number of rotatable bonds is 8. The highest BCUT2D eigenvalue weighted by molar-refractivity contribution is 7.09. The van der Waals surface area contributed by atoms with Gasteiger partial charge in [-0.15, -0.1) is 11.3 Å². The summed E-state index contributed by atoms with van der Waals surface area (Å²) >= 11 is 1.65. The monoisotopic (exact) mass is 230 g/mol. The fourth-order valence-electron chi connectivity index (χ4n) is 1.16. The Morgan fingerprint density at radius 1 is 1.47 bits per heavy atom. The van der Waals surface area contributed by atoms with Crippen molar-refractivity contribution < 1.29 is 9.47 Å². The second kappa shape index (κ2) is 7.76. The average molecular weight is 230 g/mol. The minimum Gasteiger partial charge on any atom is -0.382 e. The Morgan fingerprint density at radius 2 is 2.33 bits per heavy atom. The smallest absolute Gasteiger partial charge is 0.0940 e. The highest BCUT2D eigenvalue weighted by Gasteiger charge is 2.05. The van der Waals surface area contributed by atoms with Crippen molar-refractivity contribution in [3.05, 3.63) is 16.6 Å². The molecule has 0 aliphatic rings. The van der Waals surface area contributed by atoms with E-state index in [0.717, 1.165) is 17.8 Å². The Kier molecular flexibility index (Phi) is 6.50. The first-order valence-corrected chi connectivity index (χ1v) is 5.91. The Labute approximate surface area is 94.4 Å². The van der Waals surface area contributed by atoms with Crippen LogP contribution in [0.25, 0.3) is 0 Å². The zero-order valence-electron chi connectivity index (χ0n) is 9.02. The van der Waals surface area contributed by atoms with Crippen LogP contribution in [0.5, 0.6) is 0 Å². The van der Waals surface area contributed by atoms with Crippen LogP contribution in [-0.4, -0.2) is 38.0 Å². The van der Waals surface area contributed by atoms with Crippen molar-refractivity contribution in [2.24, 2.45) is 5.73 Å². The molecule has 4 nitrogen and oxygen atoms in total. The third-order valence-electron chi connectivity index (χ3n) is 1.99. The van der Waals surface area contributed by atoms with Gasteiger partial charge in [-0.1, -0.05) is 0 Å². The molecule has 15 heavy (non-hydrogen) atoms. The van der Waals surface area contributed by atoms with Gasteiger partial charge in [-0.05, 0) is 6.42 Å². The van der Waals surface area contributed by atoms with Gasteiger partial charge < -0.3 is 15.2 Å². The molecule has 0 saturated carbocycles. The predicted octanol–water partition coefficient (Wildman–Crippen LogP) is 1.07. The maximum atomic E-state index is 5.94. The van der Waals surface area contributed by atoms with Crippen LogP contribution in [0.3, 0.4) is 0 Å². The number of hydrogen-bond acceptors (Lipinski definition) is 5. The van der Waals surface area contributed by atoms with Gasteiger partial charge in [-0.3, -0.25) is 0 Å². The maximum Gasteiger partial charge on any atom is 0.0940 e. The molecule has 0 aromatic carbocycles. The molecule has 0 bridgehead atoms. The molecule has 1 aromatic rings. The molecule has 1 rings (SSSR count). The van der Waals surface area contributed by atoms with Gasteiger partial charge in [0.05, 0.1) is 18.2 Å². The molecule has 1 aromatic heterocycles. The van der Waals surface area contributed by atoms with Crippen molar-refractivity contribution in [1.82, 2.24) is 4.98 Å². The van der Waals surface area contributed by atoms with Gasteiger partial charge in [0, 0.05) is 37.8 Å². The summed E-state index contributed by atoms with van der Waals surface area (Å²) in [6, 6.07) is 0.138. The van der Waals surface area contributed by atoms with Gasteiger partial charge in [0.25, 0.3) is 0 Å². The Hall–Kier alpha value is -0.490. The van der Waals surface area contributed by atoms with Gasteiger partial charge in [0.2, 0.25) is 0 Å². The van der Waals surface area contributed by atoms with Gasteiger partial charge in [0.1, 0.15) is 0 Å². The van der Waals surface area contributed by atoms with Gasteiger partial charge >= 0.3 is 0 Å². The molecular formula is C10H18N2O2S.